The number of hydrogen-bond acceptors (Lipinski definition) is 3. The normalized spacial score (nSPS) is 9.17. The molecule has 4 nitrogen and oxygen atoms in total. The number of carbonyl (C=O) groups excluding carboxylic acids is 1. The first kappa shape index (κ1) is 5.39. The number of rotatable bonds is 1. The van der Waals surface area contributed by atoms with E-state index in [0.29, 0.717) is 0 Å². The molecule has 0 aromatic rings. The van der Waals surface area contributed by atoms with Crippen LogP contribution in [-0.2, 0) is 4.79 Å². The maximum Gasteiger partial charge on any atom is 0.294 e. The molecule has 0 aliphatic heterocycles. The average Bonchev–Trinajstić information content (AvgIpc) is 1.36. The maximum atomic E-state index is 9.31. The van der Waals surface area contributed by atoms with E-state index in [0.717, 1.165) is 0 Å². The lowest BCUT2D eigenvalue weighted by Gasteiger charge is -1.88. The lowest BCUT2D eigenvalue weighted by Crippen LogP contribution is -2.19. The highest BCUT2D eigenvalue weighted by Crippen LogP contribution is 1.66. The van der Waals surface area contributed by atoms with Crippen molar-refractivity contribution in [2.75, 3.05) is 0 Å². The van der Waals surface area contributed by atoms with E-state index < -0.39 is 12.2 Å². The quantitative estimate of drug-likeness (QED) is 0.369. The topological polar surface area (TPSA) is 81.3 Å². The van der Waals surface area contributed by atoms with Gasteiger partial charge in [0, 0.05) is 0 Å². The molecule has 0 bridgehead atoms. The highest BCUT2D eigenvalue weighted by molar-refractivity contribution is 5.75. The van der Waals surface area contributed by atoms with Crippen LogP contribution in [0.5, 0.6) is 0 Å². The Morgan fingerprint density at radius 2 is 1.83 bits per heavy atom. The van der Waals surface area contributed by atoms with Crippen LogP contribution in [0.2, 0.25) is 0 Å². The van der Waals surface area contributed by atoms with Gasteiger partial charge in [-0.1, -0.05) is 0 Å². The Morgan fingerprint density at radius 3 is 1.83 bits per heavy atom. The lowest BCUT2D eigenvalue weighted by atomic mass is 10.6. The van der Waals surface area contributed by atoms with Crippen molar-refractivity contribution in [3.05, 3.63) is 0 Å². The molecular formula is C2H4NO3. The monoisotopic (exact) mass is 90.0 g/mol. The highest BCUT2D eigenvalue weighted by atomic mass is 16.5. The number of nitrogens with one attached hydrogen (secondary N) is 1. The Kier molecular flexibility index (Phi) is 1.56. The van der Waals surface area contributed by atoms with Crippen LogP contribution < -0.4 is 5.73 Å². The minimum Gasteiger partial charge on any atom is -0.361 e. The fourth-order valence-corrected chi connectivity index (χ4v) is 0. The molecule has 0 spiro atoms. The molecule has 0 heterocycles. The second kappa shape index (κ2) is 1.74. The molecule has 0 saturated carbocycles. The Labute approximate surface area is 34.2 Å². The van der Waals surface area contributed by atoms with Gasteiger partial charge in [0.15, 0.2) is 0 Å². The number of carbonyl (C=O) groups is 1. The molecule has 0 aromatic heterocycles. The summed E-state index contributed by atoms with van der Waals surface area (Å²) in [4.78, 5) is 9.31. The molecule has 0 aromatic carbocycles. The fraction of sp³-hybridized carbons (Fsp3) is 0.500. The Hall–Kier alpha value is -0.610. The molecule has 1 amide bonds. The van der Waals surface area contributed by atoms with Crippen molar-refractivity contribution in [3.63, 3.8) is 0 Å². The minimum atomic E-state index is -2.12. The number of hydrogen-bond donors (Lipinski definition) is 2. The molecule has 0 saturated heterocycles. The van der Waals surface area contributed by atoms with Crippen molar-refractivity contribution in [1.29, 1.82) is 0 Å². The van der Waals surface area contributed by atoms with E-state index in [9.17, 15) is 4.79 Å². The maximum absolute atomic E-state index is 9.31. The summed E-state index contributed by atoms with van der Waals surface area (Å²) in [5.41, 5.74) is 5.89. The summed E-state index contributed by atoms with van der Waals surface area (Å²) in [6, 6.07) is 0. The van der Waals surface area contributed by atoms with Gasteiger partial charge >= 0.3 is 0 Å². The molecule has 3 N–H and O–H groups in total. The molecule has 0 fully saturated rings. The average molecular weight is 90.1 g/mol. The first-order valence-corrected chi connectivity index (χ1v) is 1.26. The highest BCUT2D eigenvalue weighted by Gasteiger charge is 2.02. The number of aliphatic hydroxyl groups is 2. The van der Waals surface area contributed by atoms with Crippen LogP contribution in [0.3, 0.4) is 0 Å². The zero-order chi connectivity index (χ0) is 5.15. The Bertz CT molecular complexity index is 59.8. The molecule has 0 rings (SSSR count). The minimum absolute atomic E-state index is 1.38. The summed E-state index contributed by atoms with van der Waals surface area (Å²) in [5.74, 6) is -1.38. The van der Waals surface area contributed by atoms with E-state index in [1.54, 1.807) is 0 Å². The van der Waals surface area contributed by atoms with E-state index in [1.165, 1.54) is 0 Å². The van der Waals surface area contributed by atoms with E-state index in [-0.39, 0.29) is 0 Å². The molecule has 1 radical (unpaired) electrons. The second-order valence-electron chi connectivity index (χ2n) is 0.738. The SMILES string of the molecule is [NH]C(=O)C(O)O. The molecule has 35 valence electrons. The molecule has 0 atom stereocenters. The van der Waals surface area contributed by atoms with Crippen molar-refractivity contribution in [2.24, 2.45) is 0 Å². The molecule has 0 unspecified atom stereocenters. The molecule has 0 aliphatic carbocycles. The lowest BCUT2D eigenvalue weighted by molar-refractivity contribution is -0.144. The van der Waals surface area contributed by atoms with Crippen molar-refractivity contribution >= 4 is 5.91 Å². The van der Waals surface area contributed by atoms with Gasteiger partial charge in [-0.15, -0.1) is 0 Å². The van der Waals surface area contributed by atoms with Gasteiger partial charge in [-0.2, -0.15) is 0 Å². The summed E-state index contributed by atoms with van der Waals surface area (Å²) in [6.07, 6.45) is -2.12. The van der Waals surface area contributed by atoms with E-state index in [2.05, 4.69) is 0 Å². The third-order valence-electron chi connectivity index (χ3n) is 0.235. The predicted molar refractivity (Wildman–Crippen MR) is 16.3 cm³/mol. The van der Waals surface area contributed by atoms with Crippen LogP contribution in [0.25, 0.3) is 0 Å². The van der Waals surface area contributed by atoms with Crippen molar-refractivity contribution < 1.29 is 15.0 Å². The summed E-state index contributed by atoms with van der Waals surface area (Å²) >= 11 is 0. The molecule has 4 heteroatoms. The van der Waals surface area contributed by atoms with Crippen LogP contribution in [0.15, 0.2) is 0 Å². The van der Waals surface area contributed by atoms with Gasteiger partial charge in [-0.25, -0.2) is 0 Å². The summed E-state index contributed by atoms with van der Waals surface area (Å²) in [5, 5.41) is 15.3. The Morgan fingerprint density at radius 1 is 1.67 bits per heavy atom. The van der Waals surface area contributed by atoms with E-state index in [4.69, 9.17) is 15.9 Å². The van der Waals surface area contributed by atoms with E-state index >= 15 is 0 Å². The van der Waals surface area contributed by atoms with Gasteiger partial charge in [0.2, 0.25) is 6.29 Å². The van der Waals surface area contributed by atoms with Gasteiger partial charge in [0.25, 0.3) is 5.91 Å². The van der Waals surface area contributed by atoms with Gasteiger partial charge < -0.3 is 10.2 Å². The van der Waals surface area contributed by atoms with Gasteiger partial charge in [0.05, 0.1) is 0 Å². The van der Waals surface area contributed by atoms with Crippen LogP contribution in [0.4, 0.5) is 0 Å². The predicted octanol–water partition coefficient (Wildman–Crippen LogP) is -1.89. The smallest absolute Gasteiger partial charge is 0.294 e. The summed E-state index contributed by atoms with van der Waals surface area (Å²) in [7, 11) is 0. The van der Waals surface area contributed by atoms with Crippen LogP contribution in [0, 0.1) is 0 Å². The molecule has 0 aliphatic rings. The van der Waals surface area contributed by atoms with Crippen LogP contribution >= 0.6 is 0 Å². The van der Waals surface area contributed by atoms with Crippen molar-refractivity contribution in [1.82, 2.24) is 5.73 Å². The van der Waals surface area contributed by atoms with Crippen LogP contribution in [0.1, 0.15) is 0 Å². The Balaban J connectivity index is 3.26. The summed E-state index contributed by atoms with van der Waals surface area (Å²) < 4.78 is 0. The van der Waals surface area contributed by atoms with Crippen LogP contribution in [-0.4, -0.2) is 22.4 Å². The largest absolute Gasteiger partial charge is 0.361 e. The van der Waals surface area contributed by atoms with Gasteiger partial charge in [-0.05, 0) is 0 Å². The standard InChI is InChI=1S/C2H4NO3/c3-1(4)2(5)6/h2-3,5-6H. The molecular weight excluding hydrogens is 86.0 g/mol. The zero-order valence-corrected chi connectivity index (χ0v) is 2.88. The van der Waals surface area contributed by atoms with Crippen molar-refractivity contribution in [3.8, 4) is 0 Å². The summed E-state index contributed by atoms with van der Waals surface area (Å²) in [6.45, 7) is 0. The molecule has 6 heavy (non-hydrogen) atoms. The zero-order valence-electron chi connectivity index (χ0n) is 2.88. The van der Waals surface area contributed by atoms with E-state index in [1.807, 2.05) is 0 Å². The van der Waals surface area contributed by atoms with Gasteiger partial charge in [0.1, 0.15) is 0 Å². The van der Waals surface area contributed by atoms with Gasteiger partial charge in [-0.3, -0.25) is 10.5 Å². The third-order valence-corrected chi connectivity index (χ3v) is 0.235. The number of aliphatic hydroxyl groups excluding tert-OH is 1. The third kappa shape index (κ3) is 1.68. The fourth-order valence-electron chi connectivity index (χ4n) is 0. The second-order valence-corrected chi connectivity index (χ2v) is 0.738. The van der Waals surface area contributed by atoms with Crippen molar-refractivity contribution in [2.45, 2.75) is 6.29 Å². The number of amides is 1. The first-order chi connectivity index (χ1) is 2.64. The first-order valence-electron chi connectivity index (χ1n) is 1.26.